The first-order valence-electron chi connectivity index (χ1n) is 4.76. The van der Waals surface area contributed by atoms with Gasteiger partial charge in [0.1, 0.15) is 0 Å². The zero-order chi connectivity index (χ0) is 8.97. The summed E-state index contributed by atoms with van der Waals surface area (Å²) in [4.78, 5) is 11.2. The minimum atomic E-state index is -0.369. The Labute approximate surface area is 73.7 Å². The molecule has 3 heteroatoms. The van der Waals surface area contributed by atoms with E-state index in [9.17, 15) is 4.79 Å². The highest BCUT2D eigenvalue weighted by molar-refractivity contribution is 5.81. The van der Waals surface area contributed by atoms with Crippen LogP contribution in [0.3, 0.4) is 0 Å². The van der Waals surface area contributed by atoms with Crippen molar-refractivity contribution < 1.29 is 4.79 Å². The molecule has 1 amide bonds. The summed E-state index contributed by atoms with van der Waals surface area (Å²) in [5.74, 6) is -0.0121. The average Bonchev–Trinajstić information content (AvgIpc) is 2.06. The fourth-order valence-corrected chi connectivity index (χ4v) is 1.58. The molecule has 0 aromatic carbocycles. The van der Waals surface area contributed by atoms with Crippen molar-refractivity contribution in [3.05, 3.63) is 0 Å². The van der Waals surface area contributed by atoms with Gasteiger partial charge in [-0.25, -0.2) is 0 Å². The van der Waals surface area contributed by atoms with E-state index in [-0.39, 0.29) is 11.9 Å². The summed E-state index contributed by atoms with van der Waals surface area (Å²) in [6.45, 7) is 1.72. The van der Waals surface area contributed by atoms with Crippen molar-refractivity contribution in [2.75, 3.05) is 0 Å². The molecule has 0 bridgehead atoms. The normalized spacial score (nSPS) is 21.8. The Balaban J connectivity index is 2.24. The van der Waals surface area contributed by atoms with E-state index in [4.69, 9.17) is 5.73 Å². The van der Waals surface area contributed by atoms with Crippen LogP contribution in [0, 0.1) is 0 Å². The summed E-state index contributed by atoms with van der Waals surface area (Å²) in [5, 5.41) is 2.95. The van der Waals surface area contributed by atoms with Crippen LogP contribution in [-0.4, -0.2) is 18.0 Å². The number of carbonyl (C=O) groups excluding carboxylic acids is 1. The standard InChI is InChI=1S/C9H18N2O/c1-7(10)9(12)11-8-5-3-2-4-6-8/h7-8H,2-6,10H2,1H3,(H,11,12)/t7-/m1/s1. The van der Waals surface area contributed by atoms with E-state index in [0.717, 1.165) is 12.8 Å². The van der Waals surface area contributed by atoms with Crippen molar-refractivity contribution >= 4 is 5.91 Å². The van der Waals surface area contributed by atoms with Gasteiger partial charge in [0, 0.05) is 6.04 Å². The quantitative estimate of drug-likeness (QED) is 0.643. The third-order valence-electron chi connectivity index (χ3n) is 2.37. The van der Waals surface area contributed by atoms with Crippen LogP contribution < -0.4 is 11.1 Å². The third-order valence-corrected chi connectivity index (χ3v) is 2.37. The van der Waals surface area contributed by atoms with Crippen LogP contribution in [0.1, 0.15) is 39.0 Å². The van der Waals surface area contributed by atoms with Gasteiger partial charge in [0.15, 0.2) is 0 Å². The van der Waals surface area contributed by atoms with Gasteiger partial charge in [-0.15, -0.1) is 0 Å². The zero-order valence-electron chi connectivity index (χ0n) is 7.68. The summed E-state index contributed by atoms with van der Waals surface area (Å²) in [5.41, 5.74) is 5.44. The van der Waals surface area contributed by atoms with Crippen molar-refractivity contribution in [1.29, 1.82) is 0 Å². The lowest BCUT2D eigenvalue weighted by atomic mass is 9.95. The first-order chi connectivity index (χ1) is 5.70. The van der Waals surface area contributed by atoms with Gasteiger partial charge in [0.2, 0.25) is 5.91 Å². The second kappa shape index (κ2) is 4.45. The Morgan fingerprint density at radius 2 is 2.00 bits per heavy atom. The summed E-state index contributed by atoms with van der Waals surface area (Å²) >= 11 is 0. The van der Waals surface area contributed by atoms with Gasteiger partial charge >= 0.3 is 0 Å². The lowest BCUT2D eigenvalue weighted by Gasteiger charge is -2.23. The van der Waals surface area contributed by atoms with E-state index in [1.165, 1.54) is 19.3 Å². The van der Waals surface area contributed by atoms with Crippen LogP contribution in [0.5, 0.6) is 0 Å². The molecule has 1 atom stereocenters. The number of hydrogen-bond acceptors (Lipinski definition) is 2. The predicted molar refractivity (Wildman–Crippen MR) is 48.7 cm³/mol. The van der Waals surface area contributed by atoms with Crippen molar-refractivity contribution in [2.45, 2.75) is 51.1 Å². The zero-order valence-corrected chi connectivity index (χ0v) is 7.68. The molecule has 0 saturated heterocycles. The molecule has 3 nitrogen and oxygen atoms in total. The summed E-state index contributed by atoms with van der Waals surface area (Å²) < 4.78 is 0. The van der Waals surface area contributed by atoms with Gasteiger partial charge in [0.25, 0.3) is 0 Å². The third kappa shape index (κ3) is 2.81. The molecule has 1 fully saturated rings. The van der Waals surface area contributed by atoms with Crippen LogP contribution in [0.2, 0.25) is 0 Å². The largest absolute Gasteiger partial charge is 0.352 e. The lowest BCUT2D eigenvalue weighted by Crippen LogP contribution is -2.44. The molecule has 0 unspecified atom stereocenters. The number of nitrogens with one attached hydrogen (secondary N) is 1. The summed E-state index contributed by atoms with van der Waals surface area (Å²) in [6.07, 6.45) is 6.04. The van der Waals surface area contributed by atoms with Gasteiger partial charge in [-0.1, -0.05) is 19.3 Å². The smallest absolute Gasteiger partial charge is 0.236 e. The van der Waals surface area contributed by atoms with E-state index in [1.807, 2.05) is 0 Å². The average molecular weight is 170 g/mol. The van der Waals surface area contributed by atoms with E-state index in [2.05, 4.69) is 5.32 Å². The molecule has 0 radical (unpaired) electrons. The second-order valence-corrected chi connectivity index (χ2v) is 3.63. The number of rotatable bonds is 2. The maximum atomic E-state index is 11.2. The van der Waals surface area contributed by atoms with Crippen molar-refractivity contribution in [3.8, 4) is 0 Å². The van der Waals surface area contributed by atoms with Gasteiger partial charge in [0.05, 0.1) is 6.04 Å². The number of amides is 1. The Morgan fingerprint density at radius 1 is 1.42 bits per heavy atom. The van der Waals surface area contributed by atoms with Crippen LogP contribution in [0.15, 0.2) is 0 Å². The van der Waals surface area contributed by atoms with Gasteiger partial charge in [-0.05, 0) is 19.8 Å². The highest BCUT2D eigenvalue weighted by Crippen LogP contribution is 2.17. The summed E-state index contributed by atoms with van der Waals surface area (Å²) in [6, 6.07) is 0.0178. The van der Waals surface area contributed by atoms with Gasteiger partial charge in [-0.3, -0.25) is 4.79 Å². The fraction of sp³-hybridized carbons (Fsp3) is 0.889. The molecule has 12 heavy (non-hydrogen) atoms. The maximum Gasteiger partial charge on any atom is 0.236 e. The maximum absolute atomic E-state index is 11.2. The van der Waals surface area contributed by atoms with Crippen LogP contribution >= 0.6 is 0 Å². The number of carbonyl (C=O) groups is 1. The van der Waals surface area contributed by atoms with E-state index in [0.29, 0.717) is 6.04 Å². The topological polar surface area (TPSA) is 55.1 Å². The number of nitrogens with two attached hydrogens (primary N) is 1. The van der Waals surface area contributed by atoms with Crippen LogP contribution in [0.25, 0.3) is 0 Å². The lowest BCUT2D eigenvalue weighted by molar-refractivity contribution is -0.122. The molecule has 1 aliphatic rings. The Kier molecular flexibility index (Phi) is 3.53. The molecule has 0 heterocycles. The van der Waals surface area contributed by atoms with Crippen molar-refractivity contribution in [3.63, 3.8) is 0 Å². The molecule has 70 valence electrons. The molecular formula is C9H18N2O. The van der Waals surface area contributed by atoms with E-state index in [1.54, 1.807) is 6.92 Å². The highest BCUT2D eigenvalue weighted by atomic mass is 16.2. The SMILES string of the molecule is C[C@@H](N)C(=O)NC1CCCCC1. The molecule has 1 aliphatic carbocycles. The Hall–Kier alpha value is -0.570. The fourth-order valence-electron chi connectivity index (χ4n) is 1.58. The monoisotopic (exact) mass is 170 g/mol. The Morgan fingerprint density at radius 3 is 2.50 bits per heavy atom. The number of hydrogen-bond donors (Lipinski definition) is 2. The Bertz CT molecular complexity index is 151. The molecule has 0 spiro atoms. The van der Waals surface area contributed by atoms with Crippen LogP contribution in [0.4, 0.5) is 0 Å². The van der Waals surface area contributed by atoms with Gasteiger partial charge in [-0.2, -0.15) is 0 Å². The second-order valence-electron chi connectivity index (χ2n) is 3.63. The highest BCUT2D eigenvalue weighted by Gasteiger charge is 2.16. The van der Waals surface area contributed by atoms with E-state index >= 15 is 0 Å². The first kappa shape index (κ1) is 9.52. The molecule has 1 saturated carbocycles. The van der Waals surface area contributed by atoms with Crippen LogP contribution in [-0.2, 0) is 4.79 Å². The molecule has 0 aromatic rings. The minimum absolute atomic E-state index is 0.0121. The molecule has 0 aromatic heterocycles. The summed E-state index contributed by atoms with van der Waals surface area (Å²) in [7, 11) is 0. The molecular weight excluding hydrogens is 152 g/mol. The molecule has 3 N–H and O–H groups in total. The van der Waals surface area contributed by atoms with Gasteiger partial charge < -0.3 is 11.1 Å². The van der Waals surface area contributed by atoms with Crippen molar-refractivity contribution in [2.24, 2.45) is 5.73 Å². The predicted octanol–water partition coefficient (Wildman–Crippen LogP) is 0.782. The minimum Gasteiger partial charge on any atom is -0.352 e. The first-order valence-corrected chi connectivity index (χ1v) is 4.76. The molecule has 0 aliphatic heterocycles. The molecule has 1 rings (SSSR count). The van der Waals surface area contributed by atoms with E-state index < -0.39 is 0 Å². The van der Waals surface area contributed by atoms with Crippen molar-refractivity contribution in [1.82, 2.24) is 5.32 Å².